The number of nitrogens with one attached hydrogen (secondary N) is 1. The minimum Gasteiger partial charge on any atom is -0.331 e. The van der Waals surface area contributed by atoms with Crippen molar-refractivity contribution in [3.05, 3.63) is 40.9 Å². The summed E-state index contributed by atoms with van der Waals surface area (Å²) in [4.78, 5) is 20.0. The molecule has 2 atom stereocenters. The number of amides is 1. The van der Waals surface area contributed by atoms with Gasteiger partial charge in [0.15, 0.2) is 5.69 Å². The van der Waals surface area contributed by atoms with Crippen LogP contribution < -0.4 is 0 Å². The zero-order valence-corrected chi connectivity index (χ0v) is 15.1. The Kier molecular flexibility index (Phi) is 3.27. The summed E-state index contributed by atoms with van der Waals surface area (Å²) in [6.45, 7) is 3.90. The fraction of sp³-hybridized carbons (Fsp3) is 0.368. The number of aryl methyl sites for hydroxylation is 1. The van der Waals surface area contributed by atoms with Crippen LogP contribution in [0.2, 0.25) is 0 Å². The molecule has 3 aromatic rings. The Hall–Kier alpha value is -2.18. The molecule has 0 saturated carbocycles. The molecule has 128 valence electrons. The van der Waals surface area contributed by atoms with Crippen molar-refractivity contribution in [3.63, 3.8) is 0 Å². The first-order valence-corrected chi connectivity index (χ1v) is 9.48. The number of hydrogen-bond acceptors (Lipinski definition) is 4. The standard InChI is InChI=1S/C19H20N4OS/c1-11-3-6-17(25-11)12-4-5-16-15(7-12)18(21-20-16)19(24)23-10-13-8-14(23)9-22(13)2/h3-7,13-14H,8-10H2,1-2H3,(H,20,21)/t13-,14-/m0/s1. The van der Waals surface area contributed by atoms with E-state index in [1.807, 2.05) is 11.0 Å². The van der Waals surface area contributed by atoms with Gasteiger partial charge in [-0.15, -0.1) is 11.3 Å². The SMILES string of the molecule is Cc1ccc(-c2ccc3[nH]nc(C(=O)N4C[C@@H]5C[C@H]4CN5C)c3c2)s1. The van der Waals surface area contributed by atoms with Gasteiger partial charge in [-0.1, -0.05) is 6.07 Å². The Balaban J connectivity index is 1.52. The van der Waals surface area contributed by atoms with E-state index in [9.17, 15) is 4.79 Å². The second kappa shape index (κ2) is 5.41. The van der Waals surface area contributed by atoms with Gasteiger partial charge in [0.05, 0.1) is 5.52 Å². The van der Waals surface area contributed by atoms with E-state index in [1.54, 1.807) is 11.3 Å². The van der Waals surface area contributed by atoms with Crippen molar-refractivity contribution in [2.75, 3.05) is 20.1 Å². The van der Waals surface area contributed by atoms with Crippen molar-refractivity contribution in [1.82, 2.24) is 20.0 Å². The van der Waals surface area contributed by atoms with Gasteiger partial charge in [0, 0.05) is 40.3 Å². The second-order valence-corrected chi connectivity index (χ2v) is 8.47. The van der Waals surface area contributed by atoms with Crippen LogP contribution in [0.15, 0.2) is 30.3 Å². The average molecular weight is 352 g/mol. The van der Waals surface area contributed by atoms with Crippen molar-refractivity contribution in [1.29, 1.82) is 0 Å². The van der Waals surface area contributed by atoms with Crippen molar-refractivity contribution < 1.29 is 4.79 Å². The molecule has 2 aliphatic heterocycles. The first-order chi connectivity index (χ1) is 12.1. The number of hydrogen-bond donors (Lipinski definition) is 1. The monoisotopic (exact) mass is 352 g/mol. The highest BCUT2D eigenvalue weighted by atomic mass is 32.1. The number of piperazine rings is 1. The third kappa shape index (κ3) is 2.32. The minimum atomic E-state index is 0.0614. The molecule has 5 rings (SSSR count). The number of aromatic amines is 1. The minimum absolute atomic E-state index is 0.0614. The predicted molar refractivity (Wildman–Crippen MR) is 100 cm³/mol. The topological polar surface area (TPSA) is 52.2 Å². The Morgan fingerprint density at radius 2 is 2.12 bits per heavy atom. The van der Waals surface area contributed by atoms with Crippen LogP contribution in [0.5, 0.6) is 0 Å². The quantitative estimate of drug-likeness (QED) is 0.771. The molecule has 0 aliphatic carbocycles. The third-order valence-corrected chi connectivity index (χ3v) is 6.62. The number of thiophene rings is 1. The first-order valence-electron chi connectivity index (χ1n) is 8.66. The zero-order chi connectivity index (χ0) is 17.1. The van der Waals surface area contributed by atoms with Crippen LogP contribution in [0.25, 0.3) is 21.3 Å². The maximum absolute atomic E-state index is 13.1. The number of carbonyl (C=O) groups excluding carboxylic acids is 1. The lowest BCUT2D eigenvalue weighted by molar-refractivity contribution is 0.0646. The maximum Gasteiger partial charge on any atom is 0.275 e. The molecule has 1 aromatic carbocycles. The molecule has 2 bridgehead atoms. The number of H-pyrrole nitrogens is 1. The number of aromatic nitrogens is 2. The van der Waals surface area contributed by atoms with Crippen LogP contribution in [0.3, 0.4) is 0 Å². The van der Waals surface area contributed by atoms with Crippen LogP contribution in [-0.2, 0) is 0 Å². The predicted octanol–water partition coefficient (Wildman–Crippen LogP) is 3.13. The Morgan fingerprint density at radius 3 is 2.80 bits per heavy atom. The summed E-state index contributed by atoms with van der Waals surface area (Å²) in [6.07, 6.45) is 1.09. The van der Waals surface area contributed by atoms with Gasteiger partial charge in [0.2, 0.25) is 0 Å². The van der Waals surface area contributed by atoms with E-state index in [4.69, 9.17) is 0 Å². The van der Waals surface area contributed by atoms with Crippen LogP contribution in [0, 0.1) is 6.92 Å². The van der Waals surface area contributed by atoms with Crippen molar-refractivity contribution in [3.8, 4) is 10.4 Å². The summed E-state index contributed by atoms with van der Waals surface area (Å²) in [7, 11) is 2.14. The van der Waals surface area contributed by atoms with E-state index in [0.29, 0.717) is 17.8 Å². The number of fused-ring (bicyclic) bond motifs is 3. The van der Waals surface area contributed by atoms with E-state index in [2.05, 4.69) is 53.3 Å². The van der Waals surface area contributed by atoms with Gasteiger partial charge in [0.25, 0.3) is 5.91 Å². The highest BCUT2D eigenvalue weighted by Crippen LogP contribution is 2.33. The molecular weight excluding hydrogens is 332 g/mol. The van der Waals surface area contributed by atoms with Crippen LogP contribution in [0.1, 0.15) is 21.8 Å². The van der Waals surface area contributed by atoms with E-state index >= 15 is 0 Å². The van der Waals surface area contributed by atoms with Gasteiger partial charge in [-0.3, -0.25) is 14.8 Å². The van der Waals surface area contributed by atoms with Crippen LogP contribution in [-0.4, -0.2) is 58.1 Å². The Labute approximate surface area is 150 Å². The lowest BCUT2D eigenvalue weighted by atomic mass is 10.1. The third-order valence-electron chi connectivity index (χ3n) is 5.57. The van der Waals surface area contributed by atoms with E-state index in [-0.39, 0.29) is 5.91 Å². The summed E-state index contributed by atoms with van der Waals surface area (Å²) >= 11 is 1.77. The lowest BCUT2D eigenvalue weighted by Crippen LogP contribution is -2.47. The second-order valence-electron chi connectivity index (χ2n) is 7.18. The molecule has 2 aliphatic rings. The number of benzene rings is 1. The largest absolute Gasteiger partial charge is 0.331 e. The van der Waals surface area contributed by atoms with Crippen molar-refractivity contribution in [2.24, 2.45) is 0 Å². The summed E-state index contributed by atoms with van der Waals surface area (Å²) in [5.41, 5.74) is 2.62. The lowest BCUT2D eigenvalue weighted by Gasteiger charge is -2.31. The molecular formula is C19H20N4OS. The Morgan fingerprint density at radius 1 is 1.24 bits per heavy atom. The molecule has 2 saturated heterocycles. The molecule has 2 aromatic heterocycles. The number of nitrogens with zero attached hydrogens (tertiary/aromatic N) is 3. The van der Waals surface area contributed by atoms with E-state index in [0.717, 1.165) is 36.0 Å². The van der Waals surface area contributed by atoms with E-state index in [1.165, 1.54) is 9.75 Å². The normalized spacial score (nSPS) is 23.0. The van der Waals surface area contributed by atoms with Crippen LogP contribution in [0.4, 0.5) is 0 Å². The average Bonchev–Trinajstić information content (AvgIpc) is 3.35. The number of likely N-dealkylation sites (tertiary alicyclic amines) is 2. The van der Waals surface area contributed by atoms with Gasteiger partial charge in [-0.25, -0.2) is 0 Å². The molecule has 25 heavy (non-hydrogen) atoms. The number of rotatable bonds is 2. The molecule has 0 radical (unpaired) electrons. The summed E-state index contributed by atoms with van der Waals surface area (Å²) in [5.74, 6) is 0.0614. The summed E-state index contributed by atoms with van der Waals surface area (Å²) in [5, 5.41) is 8.30. The van der Waals surface area contributed by atoms with Gasteiger partial charge < -0.3 is 4.90 Å². The van der Waals surface area contributed by atoms with Gasteiger partial charge in [-0.05, 0) is 50.2 Å². The number of likely N-dealkylation sites (N-methyl/N-ethyl adjacent to an activating group) is 1. The highest BCUT2D eigenvalue weighted by Gasteiger charge is 2.44. The summed E-state index contributed by atoms with van der Waals surface area (Å²) < 4.78 is 0. The fourth-order valence-electron chi connectivity index (χ4n) is 4.17. The maximum atomic E-state index is 13.1. The molecule has 1 N–H and O–H groups in total. The smallest absolute Gasteiger partial charge is 0.275 e. The van der Waals surface area contributed by atoms with Gasteiger partial charge >= 0.3 is 0 Å². The zero-order valence-electron chi connectivity index (χ0n) is 14.3. The fourth-order valence-corrected chi connectivity index (χ4v) is 5.03. The molecule has 0 spiro atoms. The molecule has 6 heteroatoms. The summed E-state index contributed by atoms with van der Waals surface area (Å²) in [6, 6.07) is 11.3. The van der Waals surface area contributed by atoms with Crippen LogP contribution >= 0.6 is 11.3 Å². The molecule has 4 heterocycles. The number of carbonyl (C=O) groups is 1. The Bertz CT molecular complexity index is 973. The van der Waals surface area contributed by atoms with Crippen molar-refractivity contribution >= 4 is 28.1 Å². The molecule has 1 amide bonds. The first kappa shape index (κ1) is 15.1. The van der Waals surface area contributed by atoms with Crippen molar-refractivity contribution in [2.45, 2.75) is 25.4 Å². The van der Waals surface area contributed by atoms with Gasteiger partial charge in [-0.2, -0.15) is 5.10 Å². The molecule has 2 fully saturated rings. The molecule has 0 unspecified atom stereocenters. The van der Waals surface area contributed by atoms with E-state index < -0.39 is 0 Å². The van der Waals surface area contributed by atoms with Gasteiger partial charge in [0.1, 0.15) is 0 Å². The molecule has 5 nitrogen and oxygen atoms in total. The highest BCUT2D eigenvalue weighted by molar-refractivity contribution is 7.15.